The molecule has 5 atom stereocenters. The molecule has 0 aliphatic heterocycles. The van der Waals surface area contributed by atoms with E-state index in [0.717, 1.165) is 11.1 Å². The lowest BCUT2D eigenvalue weighted by Crippen LogP contribution is -2.57. The largest absolute Gasteiger partial charge is 0.508 e. The second-order valence-electron chi connectivity index (χ2n) is 23.9. The lowest BCUT2D eigenvalue weighted by Gasteiger charge is -2.26. The number of benzene rings is 5. The van der Waals surface area contributed by atoms with Gasteiger partial charge in [0.15, 0.2) is 6.61 Å². The van der Waals surface area contributed by atoms with E-state index in [1.165, 1.54) is 24.3 Å². The first kappa shape index (κ1) is 74.9. The van der Waals surface area contributed by atoms with Crippen molar-refractivity contribution in [3.8, 4) is 5.75 Å². The van der Waals surface area contributed by atoms with Gasteiger partial charge in [-0.25, -0.2) is 9.59 Å². The number of aromatic hydroxyl groups is 1. The van der Waals surface area contributed by atoms with E-state index in [4.69, 9.17) is 24.7 Å². The van der Waals surface area contributed by atoms with Gasteiger partial charge in [0.25, 0.3) is 5.91 Å². The van der Waals surface area contributed by atoms with Gasteiger partial charge in [0.1, 0.15) is 60.3 Å². The van der Waals surface area contributed by atoms with Crippen LogP contribution < -0.4 is 53.6 Å². The molecule has 5 aromatic rings. The number of phenolic OH excluding ortho intramolecular Hbond substituents is 1. The highest BCUT2D eigenvalue weighted by Crippen LogP contribution is 2.22. The summed E-state index contributed by atoms with van der Waals surface area (Å²) in [7, 11) is 0. The van der Waals surface area contributed by atoms with Gasteiger partial charge in [0, 0.05) is 38.8 Å². The first-order chi connectivity index (χ1) is 45.1. The third-order valence-electron chi connectivity index (χ3n) is 13.6. The molecule has 0 aliphatic rings. The summed E-state index contributed by atoms with van der Waals surface area (Å²) < 4.78 is 21.4. The zero-order valence-electron chi connectivity index (χ0n) is 53.9. The normalized spacial score (nSPS) is 12.7. The molecule has 0 bridgehead atoms. The second kappa shape index (κ2) is 37.6. The molecular formula is C68H84N10O17. The Bertz CT molecular complexity index is 3350. The molecule has 0 radical (unpaired) electrons. The number of rotatable bonds is 34. The van der Waals surface area contributed by atoms with Crippen LogP contribution in [0.4, 0.5) is 9.59 Å². The average Bonchev–Trinajstić information content (AvgIpc) is 0.946. The Hall–Kier alpha value is -10.9. The summed E-state index contributed by atoms with van der Waals surface area (Å²) in [4.78, 5) is 161. The van der Waals surface area contributed by atoms with Crippen molar-refractivity contribution in [2.45, 2.75) is 141 Å². The number of nitrogens with one attached hydrogen (secondary N) is 9. The van der Waals surface area contributed by atoms with Crippen LogP contribution in [0.1, 0.15) is 108 Å². The maximum atomic E-state index is 14.1. The van der Waals surface area contributed by atoms with Crippen molar-refractivity contribution in [3.63, 3.8) is 0 Å². The Kier molecular flexibility index (Phi) is 29.6. The fourth-order valence-electron chi connectivity index (χ4n) is 9.07. The summed E-state index contributed by atoms with van der Waals surface area (Å²) in [6.07, 6.45) is -4.45. The van der Waals surface area contributed by atoms with Crippen LogP contribution in [0, 0.1) is 0 Å². The fourth-order valence-corrected chi connectivity index (χ4v) is 9.07. The zero-order valence-corrected chi connectivity index (χ0v) is 53.9. The van der Waals surface area contributed by atoms with Gasteiger partial charge in [0.2, 0.25) is 41.4 Å². The van der Waals surface area contributed by atoms with Gasteiger partial charge in [-0.2, -0.15) is 0 Å². The van der Waals surface area contributed by atoms with Gasteiger partial charge in [-0.3, -0.25) is 47.9 Å². The van der Waals surface area contributed by atoms with Gasteiger partial charge < -0.3 is 77.6 Å². The van der Waals surface area contributed by atoms with Crippen LogP contribution in [0.2, 0.25) is 0 Å². The lowest BCUT2D eigenvalue weighted by molar-refractivity contribution is -0.156. The SMILES string of the molecule is CC(C)(C)OC(=O)C[C@H](NC(=O)[C@H](CCNC(=O)CCC(=O)NCC[C@H](NC(=O)[C@H](Cc1ccc(O)cc1)NC(=O)OC(C)(C)C)C(=O)NCC(=O)OCC(=O)NC(c1ccccc1)c1ccccc1)NC(=O)OCc1ccccc1)C(=O)N[C@@H](Cc1ccccc1)C(N)=O. The van der Waals surface area contributed by atoms with E-state index >= 15 is 0 Å². The van der Waals surface area contributed by atoms with E-state index in [0.29, 0.717) is 16.7 Å². The summed E-state index contributed by atoms with van der Waals surface area (Å²) in [5, 5.41) is 32.7. The Morgan fingerprint density at radius 1 is 0.432 bits per heavy atom. The standard InChI is InChI=1S/C68H84N10O17/c1-67(2,3)94-57(83)39-53(64(89)74-51(60(69)85)37-43-19-11-7-12-20-43)75-62(87)50(76-65(90)93-41-45-21-13-8-14-22-45)34-36-71-55(81)32-31-54(80)70-35-33-49(73-63(88)52(77-66(91)95-68(4,5)6)38-44-27-29-48(79)30-28-44)61(86)72-40-58(84)92-42-56(82)78-59(46-23-15-9-16-24-46)47-25-17-10-18-26-47/h7-30,49-53,59,79H,31-42H2,1-6H3,(H2,69,85)(H,70,80)(H,71,81)(H,72,86)(H,73,88)(H,74,89)(H,75,87)(H,76,90)(H,77,91)(H,78,82)/t49-,50-,51-,52-,53-/m0/s1. The van der Waals surface area contributed by atoms with E-state index in [-0.39, 0.29) is 51.1 Å². The third kappa shape index (κ3) is 29.1. The van der Waals surface area contributed by atoms with Crippen LogP contribution in [0.5, 0.6) is 5.75 Å². The van der Waals surface area contributed by atoms with E-state index in [9.17, 15) is 62.6 Å². The number of hydrogen-bond acceptors (Lipinski definition) is 17. The highest BCUT2D eigenvalue weighted by atomic mass is 16.6. The van der Waals surface area contributed by atoms with Crippen molar-refractivity contribution in [2.24, 2.45) is 5.73 Å². The minimum absolute atomic E-state index is 0.0323. The molecule has 95 heavy (non-hydrogen) atoms. The second-order valence-corrected chi connectivity index (χ2v) is 23.9. The minimum atomic E-state index is -1.68. The van der Waals surface area contributed by atoms with Crippen LogP contribution in [-0.2, 0) is 86.3 Å². The fraction of sp³-hybridized carbons (Fsp3) is 0.382. The van der Waals surface area contributed by atoms with Crippen molar-refractivity contribution in [1.29, 1.82) is 0 Å². The summed E-state index contributed by atoms with van der Waals surface area (Å²) in [5.74, 6) is -8.75. The molecule has 12 N–H and O–H groups in total. The number of carbonyl (C=O) groups excluding carboxylic acids is 12. The van der Waals surface area contributed by atoms with Crippen LogP contribution in [-0.4, -0.2) is 144 Å². The van der Waals surface area contributed by atoms with E-state index in [1.807, 2.05) is 60.7 Å². The quantitative estimate of drug-likeness (QED) is 0.0208. The number of primary amides is 1. The predicted octanol–water partition coefficient (Wildman–Crippen LogP) is 3.40. The molecule has 27 heteroatoms. The molecule has 0 saturated carbocycles. The molecule has 10 amide bonds. The Morgan fingerprint density at radius 3 is 1.40 bits per heavy atom. The smallest absolute Gasteiger partial charge is 0.408 e. The number of phenols is 1. The number of ether oxygens (including phenoxy) is 4. The minimum Gasteiger partial charge on any atom is -0.508 e. The number of hydrogen-bond donors (Lipinski definition) is 11. The van der Waals surface area contributed by atoms with E-state index < -0.39 is 151 Å². The van der Waals surface area contributed by atoms with Gasteiger partial charge in [-0.1, -0.05) is 133 Å². The summed E-state index contributed by atoms with van der Waals surface area (Å²) in [5.41, 5.74) is 6.94. The van der Waals surface area contributed by atoms with Crippen molar-refractivity contribution in [2.75, 3.05) is 26.2 Å². The molecule has 0 heterocycles. The van der Waals surface area contributed by atoms with Crippen LogP contribution in [0.3, 0.4) is 0 Å². The number of amides is 10. The molecular weight excluding hydrogens is 1230 g/mol. The van der Waals surface area contributed by atoms with Crippen LogP contribution in [0.15, 0.2) is 146 Å². The van der Waals surface area contributed by atoms with Gasteiger partial charge in [-0.15, -0.1) is 0 Å². The molecule has 0 saturated heterocycles. The molecule has 27 nitrogen and oxygen atoms in total. The topological polar surface area (TPSA) is 396 Å². The number of carbonyl (C=O) groups is 12. The van der Waals surface area contributed by atoms with Crippen molar-refractivity contribution >= 4 is 71.4 Å². The monoisotopic (exact) mass is 1310 g/mol. The predicted molar refractivity (Wildman–Crippen MR) is 345 cm³/mol. The molecule has 0 aromatic heterocycles. The Labute approximate surface area is 550 Å². The summed E-state index contributed by atoms with van der Waals surface area (Å²) in [6, 6.07) is 33.1. The first-order valence-corrected chi connectivity index (χ1v) is 30.7. The molecule has 508 valence electrons. The van der Waals surface area contributed by atoms with Crippen molar-refractivity contribution in [3.05, 3.63) is 173 Å². The Balaban J connectivity index is 1.23. The molecule has 0 unspecified atom stereocenters. The van der Waals surface area contributed by atoms with Crippen LogP contribution >= 0.6 is 0 Å². The Morgan fingerprint density at radius 2 is 0.874 bits per heavy atom. The van der Waals surface area contributed by atoms with Gasteiger partial charge >= 0.3 is 24.1 Å². The highest BCUT2D eigenvalue weighted by molar-refractivity contribution is 5.96. The van der Waals surface area contributed by atoms with E-state index in [1.54, 1.807) is 102 Å². The highest BCUT2D eigenvalue weighted by Gasteiger charge is 2.34. The maximum Gasteiger partial charge on any atom is 0.408 e. The van der Waals surface area contributed by atoms with E-state index in [2.05, 4.69) is 47.9 Å². The molecule has 0 spiro atoms. The van der Waals surface area contributed by atoms with Gasteiger partial charge in [0.05, 0.1) is 12.5 Å². The van der Waals surface area contributed by atoms with Crippen LogP contribution in [0.25, 0.3) is 0 Å². The molecule has 5 aromatic carbocycles. The maximum absolute atomic E-state index is 14.1. The van der Waals surface area contributed by atoms with Crippen molar-refractivity contribution in [1.82, 2.24) is 47.9 Å². The third-order valence-corrected chi connectivity index (χ3v) is 13.6. The lowest BCUT2D eigenvalue weighted by atomic mass is 9.99. The number of esters is 2. The molecule has 0 fully saturated rings. The van der Waals surface area contributed by atoms with Crippen molar-refractivity contribution < 1.29 is 81.6 Å². The summed E-state index contributed by atoms with van der Waals surface area (Å²) >= 11 is 0. The molecule has 5 rings (SSSR count). The first-order valence-electron chi connectivity index (χ1n) is 30.7. The summed E-state index contributed by atoms with van der Waals surface area (Å²) in [6.45, 7) is 7.30. The number of nitrogens with two attached hydrogens (primary N) is 1. The van der Waals surface area contributed by atoms with Gasteiger partial charge in [-0.05, 0) is 94.3 Å². The molecule has 0 aliphatic carbocycles. The zero-order chi connectivity index (χ0) is 69.5. The number of alkyl carbamates (subject to hydrolysis) is 2. The average molecular weight is 1310 g/mol.